The second kappa shape index (κ2) is 4.11. The zero-order chi connectivity index (χ0) is 8.97. The molecule has 0 saturated carbocycles. The van der Waals surface area contributed by atoms with Crippen LogP contribution in [0.1, 0.15) is 12.6 Å². The molecule has 0 aliphatic rings. The minimum Gasteiger partial charge on any atom is -0.277 e. The molecule has 0 unspecified atom stereocenters. The molecule has 0 aliphatic carbocycles. The highest BCUT2D eigenvalue weighted by Crippen LogP contribution is 2.14. The molecule has 0 bridgehead atoms. The molecule has 0 radical (unpaired) electrons. The van der Waals surface area contributed by atoms with Gasteiger partial charge in [0, 0.05) is 11.9 Å². The molecule has 1 aromatic heterocycles. The number of thiol groups is 1. The average molecular weight is 182 g/mol. The minimum atomic E-state index is 0.651. The van der Waals surface area contributed by atoms with Crippen LogP contribution in [0.5, 0.6) is 0 Å². The number of hydrogen-bond acceptors (Lipinski definition) is 3. The van der Waals surface area contributed by atoms with Gasteiger partial charge in [0.05, 0.1) is 5.69 Å². The third-order valence-electron chi connectivity index (χ3n) is 1.53. The molecule has 0 saturated heterocycles. The van der Waals surface area contributed by atoms with Crippen LogP contribution in [0.15, 0.2) is 18.3 Å². The van der Waals surface area contributed by atoms with Crippen molar-refractivity contribution in [3.05, 3.63) is 24.0 Å². The van der Waals surface area contributed by atoms with E-state index in [0.717, 1.165) is 17.8 Å². The van der Waals surface area contributed by atoms with Crippen molar-refractivity contribution in [3.8, 4) is 0 Å². The van der Waals surface area contributed by atoms with E-state index < -0.39 is 0 Å². The van der Waals surface area contributed by atoms with Gasteiger partial charge in [0.15, 0.2) is 0 Å². The van der Waals surface area contributed by atoms with Crippen molar-refractivity contribution < 1.29 is 4.79 Å². The lowest BCUT2D eigenvalue weighted by atomic mass is 10.3. The van der Waals surface area contributed by atoms with Gasteiger partial charge in [-0.05, 0) is 18.6 Å². The second-order valence-electron chi connectivity index (χ2n) is 2.31. The molecular weight excluding hydrogens is 172 g/mol. The highest BCUT2D eigenvalue weighted by molar-refractivity contribution is 7.82. The summed E-state index contributed by atoms with van der Waals surface area (Å²) in [7, 11) is 0. The Labute approximate surface area is 77.0 Å². The lowest BCUT2D eigenvalue weighted by Crippen LogP contribution is -2.06. The number of aryl methyl sites for hydroxylation is 1. The molecule has 0 spiro atoms. The van der Waals surface area contributed by atoms with Crippen LogP contribution in [0.2, 0.25) is 0 Å². The molecule has 3 nitrogen and oxygen atoms in total. The SMILES string of the molecule is CCc1cc(N(S)C=O)ccn1. The molecule has 1 heterocycles. The maximum atomic E-state index is 10.3. The van der Waals surface area contributed by atoms with Gasteiger partial charge < -0.3 is 0 Å². The molecule has 1 aromatic rings. The number of anilines is 1. The lowest BCUT2D eigenvalue weighted by Gasteiger charge is -2.08. The van der Waals surface area contributed by atoms with Crippen LogP contribution in [0.25, 0.3) is 0 Å². The van der Waals surface area contributed by atoms with Crippen molar-refractivity contribution in [3.63, 3.8) is 0 Å². The van der Waals surface area contributed by atoms with Crippen molar-refractivity contribution in [2.24, 2.45) is 0 Å². The van der Waals surface area contributed by atoms with E-state index in [9.17, 15) is 4.79 Å². The Morgan fingerprint density at radius 3 is 3.08 bits per heavy atom. The molecule has 1 amide bonds. The number of amides is 1. The quantitative estimate of drug-likeness (QED) is 0.567. The van der Waals surface area contributed by atoms with E-state index in [4.69, 9.17) is 0 Å². The smallest absolute Gasteiger partial charge is 0.224 e. The van der Waals surface area contributed by atoms with Gasteiger partial charge in [0.2, 0.25) is 6.41 Å². The predicted octanol–water partition coefficient (Wildman–Crippen LogP) is 1.45. The number of aromatic nitrogens is 1. The first-order valence-corrected chi connectivity index (χ1v) is 4.06. The predicted molar refractivity (Wildman–Crippen MR) is 51.1 cm³/mol. The fraction of sp³-hybridized carbons (Fsp3) is 0.250. The summed E-state index contributed by atoms with van der Waals surface area (Å²) in [5, 5.41) is 0. The number of pyridine rings is 1. The van der Waals surface area contributed by atoms with E-state index in [1.54, 1.807) is 12.3 Å². The van der Waals surface area contributed by atoms with Gasteiger partial charge in [0.25, 0.3) is 0 Å². The molecule has 12 heavy (non-hydrogen) atoms. The van der Waals surface area contributed by atoms with E-state index >= 15 is 0 Å². The number of rotatable bonds is 3. The molecule has 0 N–H and O–H groups in total. The Balaban J connectivity index is 2.93. The first-order valence-electron chi connectivity index (χ1n) is 3.66. The largest absolute Gasteiger partial charge is 0.277 e. The number of carbonyl (C=O) groups is 1. The summed E-state index contributed by atoms with van der Waals surface area (Å²) >= 11 is 3.94. The van der Waals surface area contributed by atoms with Gasteiger partial charge in [-0.25, -0.2) is 0 Å². The van der Waals surface area contributed by atoms with Crippen LogP contribution in [0.3, 0.4) is 0 Å². The Morgan fingerprint density at radius 1 is 1.75 bits per heavy atom. The summed E-state index contributed by atoms with van der Waals surface area (Å²) in [4.78, 5) is 14.4. The Bertz CT molecular complexity index is 278. The Kier molecular flexibility index (Phi) is 3.10. The highest BCUT2D eigenvalue weighted by Gasteiger charge is 1.99. The Morgan fingerprint density at radius 2 is 2.50 bits per heavy atom. The minimum absolute atomic E-state index is 0.651. The first-order chi connectivity index (χ1) is 5.77. The van der Waals surface area contributed by atoms with Crippen LogP contribution in [-0.2, 0) is 11.2 Å². The standard InChI is InChI=1S/C8H10N2OS/c1-2-7-5-8(3-4-9-7)10(12)6-11/h3-6,12H,2H2,1H3. The maximum absolute atomic E-state index is 10.3. The number of nitrogens with zero attached hydrogens (tertiary/aromatic N) is 2. The average Bonchev–Trinajstić information content (AvgIpc) is 2.17. The fourth-order valence-electron chi connectivity index (χ4n) is 0.862. The van der Waals surface area contributed by atoms with Crippen LogP contribution >= 0.6 is 12.8 Å². The van der Waals surface area contributed by atoms with E-state index in [1.165, 1.54) is 4.31 Å². The van der Waals surface area contributed by atoms with Crippen LogP contribution in [0, 0.1) is 0 Å². The molecular formula is C8H10N2OS. The van der Waals surface area contributed by atoms with Gasteiger partial charge in [0.1, 0.15) is 0 Å². The maximum Gasteiger partial charge on any atom is 0.224 e. The van der Waals surface area contributed by atoms with Crippen molar-refractivity contribution in [1.82, 2.24) is 4.98 Å². The van der Waals surface area contributed by atoms with Crippen LogP contribution in [-0.4, -0.2) is 11.4 Å². The molecule has 0 aromatic carbocycles. The van der Waals surface area contributed by atoms with Crippen molar-refractivity contribution >= 4 is 24.9 Å². The summed E-state index contributed by atoms with van der Waals surface area (Å²) in [5.41, 5.74) is 1.70. The third kappa shape index (κ3) is 1.98. The van der Waals surface area contributed by atoms with Crippen molar-refractivity contribution in [2.75, 3.05) is 4.31 Å². The zero-order valence-electron chi connectivity index (χ0n) is 6.77. The molecule has 64 valence electrons. The summed E-state index contributed by atoms with van der Waals surface area (Å²) in [6.07, 6.45) is 3.17. The fourth-order valence-corrected chi connectivity index (χ4v) is 0.987. The summed E-state index contributed by atoms with van der Waals surface area (Å²) in [6, 6.07) is 3.57. The van der Waals surface area contributed by atoms with Gasteiger partial charge >= 0.3 is 0 Å². The first kappa shape index (κ1) is 9.06. The highest BCUT2D eigenvalue weighted by atomic mass is 32.1. The molecule has 4 heteroatoms. The second-order valence-corrected chi connectivity index (χ2v) is 2.74. The van der Waals surface area contributed by atoms with Crippen LogP contribution < -0.4 is 4.31 Å². The molecule has 0 fully saturated rings. The normalized spacial score (nSPS) is 9.50. The summed E-state index contributed by atoms with van der Waals surface area (Å²) in [6.45, 7) is 2.01. The monoisotopic (exact) mass is 182 g/mol. The summed E-state index contributed by atoms with van der Waals surface area (Å²) in [5.74, 6) is 0. The topological polar surface area (TPSA) is 33.2 Å². The number of carbonyl (C=O) groups excluding carboxylic acids is 1. The van der Waals surface area contributed by atoms with Gasteiger partial charge in [-0.3, -0.25) is 14.1 Å². The number of hydrogen-bond donors (Lipinski definition) is 1. The van der Waals surface area contributed by atoms with E-state index in [0.29, 0.717) is 6.41 Å². The van der Waals surface area contributed by atoms with Crippen LogP contribution in [0.4, 0.5) is 5.69 Å². The van der Waals surface area contributed by atoms with Gasteiger partial charge in [-0.1, -0.05) is 19.7 Å². The molecule has 0 aliphatic heterocycles. The summed E-state index contributed by atoms with van der Waals surface area (Å²) < 4.78 is 1.22. The van der Waals surface area contributed by atoms with E-state index in [1.807, 2.05) is 13.0 Å². The van der Waals surface area contributed by atoms with Crippen molar-refractivity contribution in [1.29, 1.82) is 0 Å². The third-order valence-corrected chi connectivity index (χ3v) is 1.85. The van der Waals surface area contributed by atoms with Gasteiger partial charge in [-0.15, -0.1) is 0 Å². The van der Waals surface area contributed by atoms with E-state index in [-0.39, 0.29) is 0 Å². The Hall–Kier alpha value is -1.03. The van der Waals surface area contributed by atoms with E-state index in [2.05, 4.69) is 17.8 Å². The van der Waals surface area contributed by atoms with Gasteiger partial charge in [-0.2, -0.15) is 0 Å². The molecule has 1 rings (SSSR count). The molecule has 0 atom stereocenters. The zero-order valence-corrected chi connectivity index (χ0v) is 7.66. The van der Waals surface area contributed by atoms with Crippen molar-refractivity contribution in [2.45, 2.75) is 13.3 Å². The lowest BCUT2D eigenvalue weighted by molar-refractivity contribution is -0.106.